The Kier molecular flexibility index (Phi) is 6.64. The second-order valence-corrected chi connectivity index (χ2v) is 10.8. The summed E-state index contributed by atoms with van der Waals surface area (Å²) in [4.78, 5) is 31.6. The van der Waals surface area contributed by atoms with Crippen LogP contribution in [0.25, 0.3) is 0 Å². The normalized spacial score (nSPS) is 19.4. The van der Waals surface area contributed by atoms with Gasteiger partial charge < -0.3 is 15.5 Å². The molecule has 0 spiro atoms. The first-order valence-corrected chi connectivity index (χ1v) is 11.7. The van der Waals surface area contributed by atoms with Gasteiger partial charge in [-0.15, -0.1) is 11.8 Å². The molecule has 1 aromatic carbocycles. The topological polar surface area (TPSA) is 66.6 Å². The van der Waals surface area contributed by atoms with Crippen LogP contribution in [-0.2, 0) is 4.79 Å². The molecule has 0 atom stereocenters. The highest BCUT2D eigenvalue weighted by molar-refractivity contribution is 8.01. The van der Waals surface area contributed by atoms with Gasteiger partial charge in [-0.05, 0) is 65.2 Å². The van der Waals surface area contributed by atoms with Crippen LogP contribution in [0, 0.1) is 6.92 Å². The molecule has 1 aliphatic heterocycles. The molecule has 1 fully saturated rings. The van der Waals surface area contributed by atoms with E-state index in [2.05, 4.69) is 24.8 Å². The molecule has 1 aromatic rings. The van der Waals surface area contributed by atoms with Crippen LogP contribution in [0.1, 0.15) is 75.7 Å². The van der Waals surface area contributed by atoms with Crippen molar-refractivity contribution in [2.45, 2.75) is 88.4 Å². The zero-order valence-electron chi connectivity index (χ0n) is 18.5. The Morgan fingerprint density at radius 3 is 2.52 bits per heavy atom. The third-order valence-electron chi connectivity index (χ3n) is 6.06. The van der Waals surface area contributed by atoms with Crippen molar-refractivity contribution >= 4 is 29.3 Å². The fourth-order valence-corrected chi connectivity index (χ4v) is 5.87. The maximum Gasteiger partial charge on any atom is 0.254 e. The predicted octanol–water partition coefficient (Wildman–Crippen LogP) is 4.35. The number of anilines is 1. The van der Waals surface area contributed by atoms with E-state index in [1.807, 2.05) is 26.8 Å². The number of benzene rings is 1. The van der Waals surface area contributed by atoms with Gasteiger partial charge in [0.2, 0.25) is 5.91 Å². The minimum atomic E-state index is -0.536. The molecule has 160 valence electrons. The molecule has 1 saturated carbocycles. The first-order chi connectivity index (χ1) is 13.7. The van der Waals surface area contributed by atoms with Crippen LogP contribution in [-0.4, -0.2) is 46.6 Å². The first kappa shape index (κ1) is 22.2. The fourth-order valence-electron chi connectivity index (χ4n) is 4.62. The van der Waals surface area contributed by atoms with Crippen molar-refractivity contribution in [3.8, 4) is 0 Å². The van der Waals surface area contributed by atoms with Gasteiger partial charge in [0.25, 0.3) is 5.91 Å². The van der Waals surface area contributed by atoms with Crippen LogP contribution < -0.4 is 10.6 Å². The summed E-state index contributed by atoms with van der Waals surface area (Å²) in [6.45, 7) is 11.0. The van der Waals surface area contributed by atoms with E-state index in [-0.39, 0.29) is 17.9 Å². The molecule has 2 N–H and O–H groups in total. The zero-order valence-corrected chi connectivity index (χ0v) is 19.3. The van der Waals surface area contributed by atoms with Gasteiger partial charge in [0.05, 0.1) is 10.4 Å². The van der Waals surface area contributed by atoms with Gasteiger partial charge in [-0.1, -0.05) is 19.3 Å². The van der Waals surface area contributed by atoms with Crippen molar-refractivity contribution in [3.05, 3.63) is 23.3 Å². The highest BCUT2D eigenvalue weighted by Crippen LogP contribution is 2.46. The zero-order chi connectivity index (χ0) is 21.3. The van der Waals surface area contributed by atoms with Crippen LogP contribution >= 0.6 is 11.8 Å². The molecule has 1 aliphatic carbocycles. The first-order valence-electron chi connectivity index (χ1n) is 10.9. The Bertz CT molecular complexity index is 785. The maximum absolute atomic E-state index is 13.7. The van der Waals surface area contributed by atoms with Gasteiger partial charge in [-0.25, -0.2) is 0 Å². The Morgan fingerprint density at radius 1 is 1.28 bits per heavy atom. The van der Waals surface area contributed by atoms with Crippen molar-refractivity contribution in [2.24, 2.45) is 5.73 Å². The molecule has 5 nitrogen and oxygen atoms in total. The van der Waals surface area contributed by atoms with Crippen molar-refractivity contribution in [3.63, 3.8) is 0 Å². The molecular formula is C23H35N3O2S. The summed E-state index contributed by atoms with van der Waals surface area (Å²) in [5.74, 6) is 0.137. The number of thioether (sulfide) groups is 1. The minimum absolute atomic E-state index is 0.0516. The molecule has 29 heavy (non-hydrogen) atoms. The number of rotatable bonds is 5. The van der Waals surface area contributed by atoms with Crippen LogP contribution in [0.15, 0.2) is 17.0 Å². The van der Waals surface area contributed by atoms with Crippen molar-refractivity contribution in [2.75, 3.05) is 18.0 Å². The van der Waals surface area contributed by atoms with Gasteiger partial charge in [0.15, 0.2) is 0 Å². The van der Waals surface area contributed by atoms with Crippen molar-refractivity contribution in [1.82, 2.24) is 4.90 Å². The molecule has 3 rings (SSSR count). The van der Waals surface area contributed by atoms with Crippen molar-refractivity contribution < 1.29 is 9.59 Å². The summed E-state index contributed by atoms with van der Waals surface area (Å²) in [5.41, 5.74) is 8.31. The third kappa shape index (κ3) is 4.33. The third-order valence-corrected chi connectivity index (χ3v) is 7.30. The lowest BCUT2D eigenvalue weighted by Gasteiger charge is -2.40. The number of aryl methyl sites for hydroxylation is 1. The molecule has 0 radical (unpaired) electrons. The Morgan fingerprint density at radius 2 is 1.93 bits per heavy atom. The maximum atomic E-state index is 13.7. The summed E-state index contributed by atoms with van der Waals surface area (Å²) in [6, 6.07) is 4.46. The molecule has 0 unspecified atom stereocenters. The van der Waals surface area contributed by atoms with Gasteiger partial charge in [0.1, 0.15) is 0 Å². The summed E-state index contributed by atoms with van der Waals surface area (Å²) in [7, 11) is 0. The largest absolute Gasteiger partial charge is 0.333 e. The fraction of sp³-hybridized carbons (Fsp3) is 0.652. The lowest BCUT2D eigenvalue weighted by atomic mass is 9.92. The number of carbonyl (C=O) groups excluding carboxylic acids is 2. The van der Waals surface area contributed by atoms with Crippen LogP contribution in [0.4, 0.5) is 5.69 Å². The lowest BCUT2D eigenvalue weighted by molar-refractivity contribution is -0.120. The molecule has 0 bridgehead atoms. The number of carbonyl (C=O) groups is 2. The van der Waals surface area contributed by atoms with Crippen LogP contribution in [0.2, 0.25) is 0 Å². The quantitative estimate of drug-likeness (QED) is 0.773. The van der Waals surface area contributed by atoms with E-state index >= 15 is 0 Å². The molecule has 6 heteroatoms. The van der Waals surface area contributed by atoms with E-state index in [4.69, 9.17) is 5.73 Å². The second kappa shape index (κ2) is 8.68. The average molecular weight is 418 g/mol. The number of hydrogen-bond acceptors (Lipinski definition) is 4. The molecule has 0 saturated heterocycles. The highest BCUT2D eigenvalue weighted by Gasteiger charge is 2.40. The van der Waals surface area contributed by atoms with E-state index < -0.39 is 4.75 Å². The Balaban J connectivity index is 2.02. The predicted molar refractivity (Wildman–Crippen MR) is 121 cm³/mol. The van der Waals surface area contributed by atoms with E-state index in [0.717, 1.165) is 29.0 Å². The highest BCUT2D eigenvalue weighted by atomic mass is 32.2. The average Bonchev–Trinajstić information content (AvgIpc) is 2.65. The molecule has 2 aliphatic rings. The molecule has 0 aromatic heterocycles. The smallest absolute Gasteiger partial charge is 0.254 e. The molecular weight excluding hydrogens is 382 g/mol. The number of fused-ring (bicyclic) bond motifs is 1. The van der Waals surface area contributed by atoms with Gasteiger partial charge in [0, 0.05) is 35.6 Å². The van der Waals surface area contributed by atoms with E-state index in [1.165, 1.54) is 19.3 Å². The molecule has 2 amide bonds. The standard InChI is InChI=1S/C23H35N3O2S/c1-15(2)26(17-9-7-6-8-10-17)21(27)18-14-19-20(13-16(18)3)29-23(4,5)22(28)25(19)12-11-24/h13-15,17H,6-12,24H2,1-5H3. The van der Waals surface area contributed by atoms with E-state index in [0.29, 0.717) is 24.7 Å². The van der Waals surface area contributed by atoms with Crippen molar-refractivity contribution in [1.29, 1.82) is 0 Å². The van der Waals surface area contributed by atoms with Gasteiger partial charge in [-0.2, -0.15) is 0 Å². The van der Waals surface area contributed by atoms with E-state index in [1.54, 1.807) is 16.7 Å². The SMILES string of the molecule is Cc1cc2c(cc1C(=O)N(C(C)C)C1CCCCC1)N(CCN)C(=O)C(C)(C)S2. The van der Waals surface area contributed by atoms with Gasteiger partial charge >= 0.3 is 0 Å². The monoisotopic (exact) mass is 417 g/mol. The summed E-state index contributed by atoms with van der Waals surface area (Å²) >= 11 is 1.57. The Hall–Kier alpha value is -1.53. The molecule has 1 heterocycles. The minimum Gasteiger partial charge on any atom is -0.333 e. The summed E-state index contributed by atoms with van der Waals surface area (Å²) < 4.78 is -0.536. The summed E-state index contributed by atoms with van der Waals surface area (Å²) in [6.07, 6.45) is 5.80. The van der Waals surface area contributed by atoms with Crippen LogP contribution in [0.3, 0.4) is 0 Å². The number of nitrogens with zero attached hydrogens (tertiary/aromatic N) is 2. The van der Waals surface area contributed by atoms with Gasteiger partial charge in [-0.3, -0.25) is 9.59 Å². The number of nitrogens with two attached hydrogens (primary N) is 1. The van der Waals surface area contributed by atoms with Crippen LogP contribution in [0.5, 0.6) is 0 Å². The lowest BCUT2D eigenvalue weighted by Crippen LogP contribution is -2.49. The number of amides is 2. The summed E-state index contributed by atoms with van der Waals surface area (Å²) in [5, 5.41) is 0. The van der Waals surface area contributed by atoms with E-state index in [9.17, 15) is 9.59 Å². The Labute approximate surface area is 179 Å². The second-order valence-electron chi connectivity index (χ2n) is 9.09. The number of hydrogen-bond donors (Lipinski definition) is 1.